The number of benzene rings is 1. The highest BCUT2D eigenvalue weighted by molar-refractivity contribution is 7.99. The summed E-state index contributed by atoms with van der Waals surface area (Å²) in [5.41, 5.74) is 4.18. The number of halogens is 2. The third-order valence-corrected chi connectivity index (χ3v) is 3.61. The van der Waals surface area contributed by atoms with Crippen molar-refractivity contribution in [3.05, 3.63) is 35.9 Å². The smallest absolute Gasteiger partial charge is 0.250 e. The Balaban J connectivity index is 2.23. The van der Waals surface area contributed by atoms with Gasteiger partial charge in [-0.15, -0.1) is 35.0 Å². The fourth-order valence-electron chi connectivity index (χ4n) is 1.10. The first-order chi connectivity index (χ1) is 8.76. The predicted molar refractivity (Wildman–Crippen MR) is 79.6 cm³/mol. The van der Waals surface area contributed by atoms with Crippen LogP contribution in [-0.4, -0.2) is 29.1 Å². The van der Waals surface area contributed by atoms with E-state index in [4.69, 9.17) is 23.2 Å². The average molecular weight is 305 g/mol. The Labute approximate surface area is 121 Å². The van der Waals surface area contributed by atoms with E-state index in [0.717, 1.165) is 5.75 Å². The van der Waals surface area contributed by atoms with Gasteiger partial charge in [0.1, 0.15) is 0 Å². The van der Waals surface area contributed by atoms with Crippen molar-refractivity contribution < 1.29 is 4.79 Å². The summed E-state index contributed by atoms with van der Waals surface area (Å²) in [6.07, 6.45) is 0. The van der Waals surface area contributed by atoms with E-state index in [9.17, 15) is 4.79 Å². The maximum atomic E-state index is 11.4. The van der Waals surface area contributed by atoms with Gasteiger partial charge in [0, 0.05) is 5.75 Å². The number of amides is 1. The highest BCUT2D eigenvalue weighted by atomic mass is 35.5. The summed E-state index contributed by atoms with van der Waals surface area (Å²) in [6.45, 7) is 0. The number of rotatable bonds is 7. The summed E-state index contributed by atoms with van der Waals surface area (Å²) < 4.78 is 0. The average Bonchev–Trinajstić information content (AvgIpc) is 2.41. The van der Waals surface area contributed by atoms with Crippen molar-refractivity contribution in [2.24, 2.45) is 5.10 Å². The van der Waals surface area contributed by atoms with Gasteiger partial charge in [-0.3, -0.25) is 4.79 Å². The fourth-order valence-corrected chi connectivity index (χ4v) is 2.29. The first-order valence-corrected chi connectivity index (χ1v) is 7.56. The molecule has 1 N–H and O–H groups in total. The van der Waals surface area contributed by atoms with Gasteiger partial charge in [-0.1, -0.05) is 30.3 Å². The quantitative estimate of drug-likeness (QED) is 0.478. The lowest BCUT2D eigenvalue weighted by molar-refractivity contribution is -0.118. The minimum atomic E-state index is -0.149. The molecular weight excluding hydrogens is 291 g/mol. The van der Waals surface area contributed by atoms with E-state index in [2.05, 4.69) is 10.5 Å². The molecule has 0 spiro atoms. The third kappa shape index (κ3) is 6.28. The first kappa shape index (κ1) is 15.3. The van der Waals surface area contributed by atoms with Gasteiger partial charge in [0.15, 0.2) is 0 Å². The molecule has 18 heavy (non-hydrogen) atoms. The Morgan fingerprint density at radius 1 is 1.22 bits per heavy atom. The number of hydrogen-bond acceptors (Lipinski definition) is 3. The summed E-state index contributed by atoms with van der Waals surface area (Å²) in [6, 6.07) is 9.99. The summed E-state index contributed by atoms with van der Waals surface area (Å²) in [4.78, 5) is 11.4. The summed E-state index contributed by atoms with van der Waals surface area (Å²) in [5.74, 6) is 1.46. The Morgan fingerprint density at radius 3 is 2.50 bits per heavy atom. The van der Waals surface area contributed by atoms with Gasteiger partial charge in [-0.25, -0.2) is 5.43 Å². The normalized spacial score (nSPS) is 9.89. The van der Waals surface area contributed by atoms with Crippen LogP contribution in [0.2, 0.25) is 0 Å². The lowest BCUT2D eigenvalue weighted by atomic mass is 10.2. The largest absolute Gasteiger partial charge is 0.272 e. The molecule has 6 heteroatoms. The Hall–Kier alpha value is -0.710. The van der Waals surface area contributed by atoms with E-state index in [1.807, 2.05) is 30.3 Å². The molecular formula is C12H14Cl2N2OS. The van der Waals surface area contributed by atoms with Crippen molar-refractivity contribution in [1.82, 2.24) is 5.43 Å². The second kappa shape index (κ2) is 9.25. The molecule has 0 heterocycles. The second-order valence-electron chi connectivity index (χ2n) is 3.46. The summed E-state index contributed by atoms with van der Waals surface area (Å²) in [5, 5.41) is 3.83. The van der Waals surface area contributed by atoms with Crippen LogP contribution in [-0.2, 0) is 10.5 Å². The number of hydrazone groups is 1. The minimum absolute atomic E-state index is 0.149. The second-order valence-corrected chi connectivity index (χ2v) is 4.98. The lowest BCUT2D eigenvalue weighted by Gasteiger charge is -2.02. The molecule has 1 rings (SSSR count). The highest BCUT2D eigenvalue weighted by Gasteiger charge is 2.02. The molecule has 0 fully saturated rings. The summed E-state index contributed by atoms with van der Waals surface area (Å²) in [7, 11) is 0. The number of nitrogens with one attached hydrogen (secondary N) is 1. The minimum Gasteiger partial charge on any atom is -0.272 e. The molecule has 3 nitrogen and oxygen atoms in total. The predicted octanol–water partition coefficient (Wildman–Crippen LogP) is 2.87. The maximum absolute atomic E-state index is 11.4. The van der Waals surface area contributed by atoms with Crippen molar-refractivity contribution >= 4 is 46.6 Å². The van der Waals surface area contributed by atoms with Crippen LogP contribution in [0.1, 0.15) is 5.56 Å². The van der Waals surface area contributed by atoms with Crippen LogP contribution >= 0.6 is 35.0 Å². The standard InChI is InChI=1S/C12H14Cl2N2OS/c13-6-11(7-14)15-16-12(17)9-18-8-10-4-2-1-3-5-10/h1-5H,6-9H2,(H,16,17). The van der Waals surface area contributed by atoms with Crippen LogP contribution in [0.25, 0.3) is 0 Å². The van der Waals surface area contributed by atoms with Gasteiger partial charge in [-0.05, 0) is 5.56 Å². The highest BCUT2D eigenvalue weighted by Crippen LogP contribution is 2.10. The number of hydrogen-bond donors (Lipinski definition) is 1. The van der Waals surface area contributed by atoms with Crippen LogP contribution in [0.4, 0.5) is 0 Å². The van der Waals surface area contributed by atoms with E-state index in [1.54, 1.807) is 0 Å². The third-order valence-electron chi connectivity index (χ3n) is 1.99. The van der Waals surface area contributed by atoms with E-state index in [-0.39, 0.29) is 17.7 Å². The number of alkyl halides is 2. The van der Waals surface area contributed by atoms with Gasteiger partial charge in [0.25, 0.3) is 0 Å². The van der Waals surface area contributed by atoms with E-state index in [0.29, 0.717) is 11.5 Å². The van der Waals surface area contributed by atoms with E-state index in [1.165, 1.54) is 17.3 Å². The number of carbonyl (C=O) groups excluding carboxylic acids is 1. The molecule has 0 saturated carbocycles. The molecule has 0 atom stereocenters. The Morgan fingerprint density at radius 2 is 1.89 bits per heavy atom. The van der Waals surface area contributed by atoms with Gasteiger partial charge in [0.2, 0.25) is 5.91 Å². The van der Waals surface area contributed by atoms with Crippen LogP contribution in [0, 0.1) is 0 Å². The van der Waals surface area contributed by atoms with Crippen molar-refractivity contribution in [3.63, 3.8) is 0 Å². The zero-order chi connectivity index (χ0) is 13.2. The number of carbonyl (C=O) groups is 1. The molecule has 0 aromatic heterocycles. The molecule has 0 bridgehead atoms. The fraction of sp³-hybridized carbons (Fsp3) is 0.333. The van der Waals surface area contributed by atoms with E-state index >= 15 is 0 Å². The molecule has 1 aromatic carbocycles. The van der Waals surface area contributed by atoms with Gasteiger partial charge in [-0.2, -0.15) is 5.10 Å². The monoisotopic (exact) mass is 304 g/mol. The van der Waals surface area contributed by atoms with Crippen molar-refractivity contribution in [2.45, 2.75) is 5.75 Å². The van der Waals surface area contributed by atoms with Crippen LogP contribution in [0.5, 0.6) is 0 Å². The molecule has 0 aliphatic carbocycles. The zero-order valence-electron chi connectivity index (χ0n) is 9.73. The number of thioether (sulfide) groups is 1. The molecule has 0 aliphatic rings. The molecule has 0 unspecified atom stereocenters. The van der Waals surface area contributed by atoms with Gasteiger partial charge < -0.3 is 0 Å². The summed E-state index contributed by atoms with van der Waals surface area (Å²) >= 11 is 12.7. The zero-order valence-corrected chi connectivity index (χ0v) is 12.1. The van der Waals surface area contributed by atoms with Crippen LogP contribution in [0.3, 0.4) is 0 Å². The SMILES string of the molecule is O=C(CSCc1ccccc1)NN=C(CCl)CCl. The Kier molecular flexibility index (Phi) is 7.89. The van der Waals surface area contributed by atoms with Crippen molar-refractivity contribution in [1.29, 1.82) is 0 Å². The first-order valence-electron chi connectivity index (χ1n) is 5.34. The van der Waals surface area contributed by atoms with Gasteiger partial charge in [0.05, 0.1) is 23.2 Å². The molecule has 1 aromatic rings. The topological polar surface area (TPSA) is 41.5 Å². The van der Waals surface area contributed by atoms with Crippen molar-refractivity contribution in [3.8, 4) is 0 Å². The maximum Gasteiger partial charge on any atom is 0.250 e. The number of nitrogens with zero attached hydrogens (tertiary/aromatic N) is 1. The Bertz CT molecular complexity index is 392. The van der Waals surface area contributed by atoms with Crippen LogP contribution in [0.15, 0.2) is 35.4 Å². The molecule has 1 amide bonds. The lowest BCUT2D eigenvalue weighted by Crippen LogP contribution is -2.22. The van der Waals surface area contributed by atoms with Crippen LogP contribution < -0.4 is 5.43 Å². The molecule has 0 radical (unpaired) electrons. The molecule has 0 saturated heterocycles. The molecule has 98 valence electrons. The van der Waals surface area contributed by atoms with E-state index < -0.39 is 0 Å². The molecule has 0 aliphatic heterocycles. The van der Waals surface area contributed by atoms with Gasteiger partial charge >= 0.3 is 0 Å². The van der Waals surface area contributed by atoms with Crippen molar-refractivity contribution in [2.75, 3.05) is 17.5 Å².